The van der Waals surface area contributed by atoms with Gasteiger partial charge in [-0.1, -0.05) is 18.2 Å². The van der Waals surface area contributed by atoms with E-state index in [1.807, 2.05) is 6.07 Å². The molecule has 2 aromatic rings. The van der Waals surface area contributed by atoms with Gasteiger partial charge in [0.05, 0.1) is 13.2 Å². The lowest BCUT2D eigenvalue weighted by Crippen LogP contribution is -2.54. The summed E-state index contributed by atoms with van der Waals surface area (Å²) in [6.07, 6.45) is 2.07. The topological polar surface area (TPSA) is 63.1 Å². The highest BCUT2D eigenvalue weighted by Crippen LogP contribution is 2.25. The summed E-state index contributed by atoms with van der Waals surface area (Å²) in [5.41, 5.74) is 8.44. The van der Waals surface area contributed by atoms with Crippen molar-refractivity contribution >= 4 is 10.9 Å². The van der Waals surface area contributed by atoms with Gasteiger partial charge in [0.25, 0.3) is 0 Å². The van der Waals surface area contributed by atoms with Crippen LogP contribution in [-0.2, 0) is 11.3 Å². The molecule has 0 aliphatic carbocycles. The maximum atomic E-state index is 5.79. The summed E-state index contributed by atoms with van der Waals surface area (Å²) in [6.45, 7) is 4.04. The Hall–Kier alpha value is -1.36. The number of nitrogens with one attached hydrogen (secondary N) is 2. The van der Waals surface area contributed by atoms with Gasteiger partial charge >= 0.3 is 0 Å². The van der Waals surface area contributed by atoms with E-state index < -0.39 is 0 Å². The van der Waals surface area contributed by atoms with Crippen LogP contribution in [0, 0.1) is 5.41 Å². The van der Waals surface area contributed by atoms with Crippen LogP contribution >= 0.6 is 0 Å². The van der Waals surface area contributed by atoms with Gasteiger partial charge in [-0.3, -0.25) is 0 Å². The predicted octanol–water partition coefficient (Wildman–Crippen LogP) is 1.23. The largest absolute Gasteiger partial charge is 0.380 e. The predicted molar refractivity (Wildman–Crippen MR) is 72.3 cm³/mol. The first-order valence-electron chi connectivity index (χ1n) is 6.37. The van der Waals surface area contributed by atoms with Gasteiger partial charge in [-0.15, -0.1) is 0 Å². The minimum Gasteiger partial charge on any atom is -0.380 e. The summed E-state index contributed by atoms with van der Waals surface area (Å²) in [7, 11) is 0. The third-order valence-corrected chi connectivity index (χ3v) is 3.74. The molecule has 4 N–H and O–H groups in total. The van der Waals surface area contributed by atoms with Gasteiger partial charge in [0.1, 0.15) is 0 Å². The van der Waals surface area contributed by atoms with E-state index in [1.54, 1.807) is 0 Å². The van der Waals surface area contributed by atoms with Crippen molar-refractivity contribution in [3.8, 4) is 0 Å². The first-order chi connectivity index (χ1) is 8.83. The van der Waals surface area contributed by atoms with Crippen LogP contribution in [0.15, 0.2) is 30.5 Å². The van der Waals surface area contributed by atoms with E-state index in [0.29, 0.717) is 6.54 Å². The minimum absolute atomic E-state index is 0.159. The number of nitrogens with two attached hydrogens (primary N) is 1. The number of H-pyrrole nitrogens is 1. The number of hydrogen-bond donors (Lipinski definition) is 3. The number of para-hydroxylation sites is 1. The molecule has 4 heteroatoms. The van der Waals surface area contributed by atoms with Crippen LogP contribution in [0.25, 0.3) is 10.9 Å². The molecule has 0 atom stereocenters. The van der Waals surface area contributed by atoms with E-state index >= 15 is 0 Å². The summed E-state index contributed by atoms with van der Waals surface area (Å²) in [6, 6.07) is 8.36. The van der Waals surface area contributed by atoms with Gasteiger partial charge in [0, 0.05) is 42.1 Å². The molecule has 2 heterocycles. The van der Waals surface area contributed by atoms with E-state index in [2.05, 4.69) is 34.7 Å². The van der Waals surface area contributed by atoms with Crippen LogP contribution in [0.1, 0.15) is 5.56 Å². The van der Waals surface area contributed by atoms with Gasteiger partial charge < -0.3 is 20.8 Å². The van der Waals surface area contributed by atoms with Crippen LogP contribution in [0.4, 0.5) is 0 Å². The third kappa shape index (κ3) is 2.03. The van der Waals surface area contributed by atoms with Crippen molar-refractivity contribution in [3.05, 3.63) is 36.0 Å². The highest BCUT2D eigenvalue weighted by molar-refractivity contribution is 5.82. The van der Waals surface area contributed by atoms with E-state index in [0.717, 1.165) is 26.3 Å². The summed E-state index contributed by atoms with van der Waals surface area (Å²) in [5, 5.41) is 4.78. The zero-order valence-electron chi connectivity index (χ0n) is 10.4. The van der Waals surface area contributed by atoms with Gasteiger partial charge in [-0.2, -0.15) is 0 Å². The van der Waals surface area contributed by atoms with E-state index in [4.69, 9.17) is 10.5 Å². The Morgan fingerprint density at radius 1 is 1.33 bits per heavy atom. The maximum Gasteiger partial charge on any atom is 0.0569 e. The fourth-order valence-electron chi connectivity index (χ4n) is 2.42. The number of hydrogen-bond acceptors (Lipinski definition) is 3. The number of aromatic nitrogens is 1. The fourth-order valence-corrected chi connectivity index (χ4v) is 2.42. The minimum atomic E-state index is 0.159. The molecular weight excluding hydrogens is 226 g/mol. The van der Waals surface area contributed by atoms with Crippen molar-refractivity contribution in [1.82, 2.24) is 10.3 Å². The second kappa shape index (κ2) is 4.72. The molecule has 4 nitrogen and oxygen atoms in total. The second-order valence-electron chi connectivity index (χ2n) is 5.16. The Kier molecular flexibility index (Phi) is 3.07. The molecule has 1 saturated heterocycles. The molecule has 1 aromatic carbocycles. The first kappa shape index (κ1) is 11.7. The van der Waals surface area contributed by atoms with Gasteiger partial charge in [0.15, 0.2) is 0 Å². The summed E-state index contributed by atoms with van der Waals surface area (Å²) < 4.78 is 5.26. The molecular formula is C14H19N3O. The molecule has 1 aromatic heterocycles. The standard InChI is InChI=1S/C14H19N3O/c15-7-14(9-18-10-14)8-16-5-11-6-17-13-4-2-1-3-12(11)13/h1-4,6,16-17H,5,7-10,15H2. The summed E-state index contributed by atoms with van der Waals surface area (Å²) in [5.74, 6) is 0. The number of rotatable bonds is 5. The lowest BCUT2D eigenvalue weighted by Gasteiger charge is -2.40. The summed E-state index contributed by atoms with van der Waals surface area (Å²) >= 11 is 0. The van der Waals surface area contributed by atoms with Crippen LogP contribution < -0.4 is 11.1 Å². The van der Waals surface area contributed by atoms with Gasteiger partial charge in [0.2, 0.25) is 0 Å². The van der Waals surface area contributed by atoms with Crippen LogP contribution in [0.3, 0.4) is 0 Å². The number of aromatic amines is 1. The molecule has 1 fully saturated rings. The Morgan fingerprint density at radius 3 is 2.89 bits per heavy atom. The zero-order chi connectivity index (χ0) is 12.4. The molecule has 96 valence electrons. The quantitative estimate of drug-likeness (QED) is 0.742. The molecule has 0 unspecified atom stereocenters. The maximum absolute atomic E-state index is 5.79. The van der Waals surface area contributed by atoms with E-state index in [9.17, 15) is 0 Å². The molecule has 1 aliphatic rings. The lowest BCUT2D eigenvalue weighted by atomic mass is 9.86. The number of benzene rings is 1. The van der Waals surface area contributed by atoms with Crippen molar-refractivity contribution in [2.24, 2.45) is 11.1 Å². The molecule has 1 aliphatic heterocycles. The zero-order valence-corrected chi connectivity index (χ0v) is 10.4. The SMILES string of the molecule is NCC1(CNCc2c[nH]c3ccccc23)COC1. The number of fused-ring (bicyclic) bond motifs is 1. The van der Waals surface area contributed by atoms with Crippen LogP contribution in [0.2, 0.25) is 0 Å². The monoisotopic (exact) mass is 245 g/mol. The van der Waals surface area contributed by atoms with Crippen molar-refractivity contribution in [3.63, 3.8) is 0 Å². The summed E-state index contributed by atoms with van der Waals surface area (Å²) in [4.78, 5) is 3.29. The molecule has 0 amide bonds. The third-order valence-electron chi connectivity index (χ3n) is 3.74. The van der Waals surface area contributed by atoms with Gasteiger partial charge in [-0.05, 0) is 11.6 Å². The lowest BCUT2D eigenvalue weighted by molar-refractivity contribution is -0.105. The van der Waals surface area contributed by atoms with Crippen LogP contribution in [-0.4, -0.2) is 31.3 Å². The van der Waals surface area contributed by atoms with Crippen molar-refractivity contribution in [2.75, 3.05) is 26.3 Å². The first-order valence-corrected chi connectivity index (χ1v) is 6.37. The van der Waals surface area contributed by atoms with Crippen molar-refractivity contribution < 1.29 is 4.74 Å². The van der Waals surface area contributed by atoms with Gasteiger partial charge in [-0.25, -0.2) is 0 Å². The smallest absolute Gasteiger partial charge is 0.0569 e. The Balaban J connectivity index is 1.63. The molecule has 0 spiro atoms. The molecule has 0 bridgehead atoms. The molecule has 0 saturated carbocycles. The molecule has 3 rings (SSSR count). The van der Waals surface area contributed by atoms with Crippen LogP contribution in [0.5, 0.6) is 0 Å². The second-order valence-corrected chi connectivity index (χ2v) is 5.16. The molecule has 0 radical (unpaired) electrons. The average molecular weight is 245 g/mol. The fraction of sp³-hybridized carbons (Fsp3) is 0.429. The highest BCUT2D eigenvalue weighted by Gasteiger charge is 2.36. The highest BCUT2D eigenvalue weighted by atomic mass is 16.5. The van der Waals surface area contributed by atoms with E-state index in [-0.39, 0.29) is 5.41 Å². The normalized spacial score (nSPS) is 17.8. The van der Waals surface area contributed by atoms with E-state index in [1.165, 1.54) is 16.5 Å². The Morgan fingerprint density at radius 2 is 2.17 bits per heavy atom. The van der Waals surface area contributed by atoms with Crippen molar-refractivity contribution in [1.29, 1.82) is 0 Å². The Bertz CT molecular complexity index is 525. The number of ether oxygens (including phenoxy) is 1. The molecule has 18 heavy (non-hydrogen) atoms. The average Bonchev–Trinajstić information content (AvgIpc) is 2.76. The Labute approximate surface area is 107 Å². The van der Waals surface area contributed by atoms with Crippen molar-refractivity contribution in [2.45, 2.75) is 6.54 Å².